The topological polar surface area (TPSA) is 42.2 Å². The lowest BCUT2D eigenvalue weighted by Gasteiger charge is -2.09. The van der Waals surface area contributed by atoms with Crippen LogP contribution in [0.2, 0.25) is 0 Å². The lowest BCUT2D eigenvalue weighted by atomic mass is 10.1. The molecule has 2 aromatic carbocycles. The molecule has 0 aliphatic carbocycles. The molecule has 0 heterocycles. The molecule has 0 N–H and O–H groups in total. The second kappa shape index (κ2) is 6.07. The van der Waals surface area contributed by atoms with Crippen LogP contribution < -0.4 is 9.47 Å². The summed E-state index contributed by atoms with van der Waals surface area (Å²) in [5.74, 6) is 0.690. The Hall–Kier alpha value is -2.54. The van der Waals surface area contributed by atoms with E-state index in [4.69, 9.17) is 14.7 Å². The Bertz CT molecular complexity index is 662. The molecule has 0 aromatic heterocycles. The van der Waals surface area contributed by atoms with Gasteiger partial charge in [0.25, 0.3) is 0 Å². The van der Waals surface area contributed by atoms with E-state index in [2.05, 4.69) is 6.07 Å². The third-order valence-corrected chi connectivity index (χ3v) is 2.93. The highest BCUT2D eigenvalue weighted by molar-refractivity contribution is 5.45. The molecule has 0 aliphatic heterocycles. The van der Waals surface area contributed by atoms with Crippen molar-refractivity contribution in [3.63, 3.8) is 0 Å². The third kappa shape index (κ3) is 3.07. The molecule has 0 radical (unpaired) electrons. The molecule has 0 unspecified atom stereocenters. The Kier molecular flexibility index (Phi) is 4.21. The number of nitriles is 1. The Labute approximate surface area is 117 Å². The van der Waals surface area contributed by atoms with Crippen LogP contribution in [0.1, 0.15) is 16.7 Å². The minimum absolute atomic E-state index is 0.265. The number of rotatable bonds is 4. The molecule has 2 aromatic rings. The van der Waals surface area contributed by atoms with E-state index < -0.39 is 0 Å². The zero-order valence-corrected chi connectivity index (χ0v) is 11.3. The van der Waals surface area contributed by atoms with Gasteiger partial charge in [-0.25, -0.2) is 4.39 Å². The molecular weight excluding hydrogens is 257 g/mol. The molecule has 0 spiro atoms. The lowest BCUT2D eigenvalue weighted by molar-refractivity contribution is 0.304. The van der Waals surface area contributed by atoms with Crippen molar-refractivity contribution < 1.29 is 13.9 Å². The summed E-state index contributed by atoms with van der Waals surface area (Å²) in [6, 6.07) is 12.0. The van der Waals surface area contributed by atoms with Crippen LogP contribution in [0.5, 0.6) is 11.5 Å². The van der Waals surface area contributed by atoms with Crippen LogP contribution in [0.4, 0.5) is 4.39 Å². The largest absolute Gasteiger partial charge is 0.495 e. The van der Waals surface area contributed by atoms with Crippen molar-refractivity contribution in [3.05, 3.63) is 58.9 Å². The summed E-state index contributed by atoms with van der Waals surface area (Å²) in [5.41, 5.74) is 1.85. The smallest absolute Gasteiger partial charge is 0.136 e. The third-order valence-electron chi connectivity index (χ3n) is 2.93. The molecule has 2 rings (SSSR count). The van der Waals surface area contributed by atoms with E-state index in [0.717, 1.165) is 5.56 Å². The fourth-order valence-electron chi connectivity index (χ4n) is 1.76. The Morgan fingerprint density at radius 3 is 2.65 bits per heavy atom. The number of hydrogen-bond acceptors (Lipinski definition) is 3. The maximum Gasteiger partial charge on any atom is 0.136 e. The van der Waals surface area contributed by atoms with Crippen LogP contribution in [0, 0.1) is 24.1 Å². The summed E-state index contributed by atoms with van der Waals surface area (Å²) in [7, 11) is 1.52. The van der Waals surface area contributed by atoms with E-state index in [1.54, 1.807) is 31.2 Å². The number of halogens is 1. The standard InChI is InChI=1S/C16H14FNO2/c1-11-3-5-14(8-15(11)17)20-10-12-4-6-16(19-2)13(7-12)9-18/h3-8H,10H2,1-2H3. The average Bonchev–Trinajstić information content (AvgIpc) is 2.48. The maximum atomic E-state index is 13.4. The molecule has 3 nitrogen and oxygen atoms in total. The van der Waals surface area contributed by atoms with Crippen LogP contribution >= 0.6 is 0 Å². The first-order chi connectivity index (χ1) is 9.63. The zero-order chi connectivity index (χ0) is 14.5. The van der Waals surface area contributed by atoms with Gasteiger partial charge < -0.3 is 9.47 Å². The molecule has 0 bridgehead atoms. The van der Waals surface area contributed by atoms with E-state index in [9.17, 15) is 4.39 Å². The van der Waals surface area contributed by atoms with Crippen molar-refractivity contribution >= 4 is 0 Å². The van der Waals surface area contributed by atoms with Gasteiger partial charge in [-0.3, -0.25) is 0 Å². The lowest BCUT2D eigenvalue weighted by Crippen LogP contribution is -1.98. The highest BCUT2D eigenvalue weighted by Crippen LogP contribution is 2.21. The summed E-state index contributed by atoms with van der Waals surface area (Å²) >= 11 is 0. The Morgan fingerprint density at radius 2 is 2.00 bits per heavy atom. The molecule has 0 aliphatic rings. The summed E-state index contributed by atoms with van der Waals surface area (Å²) in [5, 5.41) is 9.01. The molecule has 0 atom stereocenters. The highest BCUT2D eigenvalue weighted by atomic mass is 19.1. The van der Waals surface area contributed by atoms with Gasteiger partial charge in [-0.15, -0.1) is 0 Å². The number of methoxy groups -OCH3 is 1. The van der Waals surface area contributed by atoms with Gasteiger partial charge in [-0.05, 0) is 36.2 Å². The molecule has 102 valence electrons. The summed E-state index contributed by atoms with van der Waals surface area (Å²) in [6.07, 6.45) is 0. The molecule has 0 fully saturated rings. The van der Waals surface area contributed by atoms with Crippen LogP contribution in [0.25, 0.3) is 0 Å². The second-order valence-electron chi connectivity index (χ2n) is 4.35. The molecule has 20 heavy (non-hydrogen) atoms. The molecule has 4 heteroatoms. The number of ether oxygens (including phenoxy) is 2. The van der Waals surface area contributed by atoms with E-state index >= 15 is 0 Å². The molecular formula is C16H14FNO2. The average molecular weight is 271 g/mol. The fraction of sp³-hybridized carbons (Fsp3) is 0.188. The number of benzene rings is 2. The van der Waals surface area contributed by atoms with E-state index in [-0.39, 0.29) is 12.4 Å². The molecule has 0 amide bonds. The van der Waals surface area contributed by atoms with Gasteiger partial charge >= 0.3 is 0 Å². The highest BCUT2D eigenvalue weighted by Gasteiger charge is 2.05. The van der Waals surface area contributed by atoms with Crippen LogP contribution in [0.15, 0.2) is 36.4 Å². The Balaban J connectivity index is 2.11. The molecule has 0 saturated heterocycles. The van der Waals surface area contributed by atoms with E-state index in [1.165, 1.54) is 13.2 Å². The first-order valence-corrected chi connectivity index (χ1v) is 6.10. The van der Waals surface area contributed by atoms with Crippen molar-refractivity contribution in [2.75, 3.05) is 7.11 Å². The number of nitrogens with zero attached hydrogens (tertiary/aromatic N) is 1. The number of hydrogen-bond donors (Lipinski definition) is 0. The van der Waals surface area contributed by atoms with Gasteiger partial charge in [0.05, 0.1) is 12.7 Å². The van der Waals surface area contributed by atoms with Crippen LogP contribution in [-0.2, 0) is 6.61 Å². The van der Waals surface area contributed by atoms with Crippen molar-refractivity contribution in [3.8, 4) is 17.6 Å². The van der Waals surface area contributed by atoms with Gasteiger partial charge in [-0.1, -0.05) is 12.1 Å². The summed E-state index contributed by atoms with van der Waals surface area (Å²) in [6.45, 7) is 1.96. The predicted molar refractivity (Wildman–Crippen MR) is 73.2 cm³/mol. The quantitative estimate of drug-likeness (QED) is 0.853. The summed E-state index contributed by atoms with van der Waals surface area (Å²) < 4.78 is 24.0. The minimum atomic E-state index is -0.296. The van der Waals surface area contributed by atoms with Crippen molar-refractivity contribution in [2.24, 2.45) is 0 Å². The maximum absolute atomic E-state index is 13.4. The summed E-state index contributed by atoms with van der Waals surface area (Å²) in [4.78, 5) is 0. The van der Waals surface area contributed by atoms with E-state index in [1.807, 2.05) is 6.07 Å². The molecule has 0 saturated carbocycles. The second-order valence-corrected chi connectivity index (χ2v) is 4.35. The van der Waals surface area contributed by atoms with Gasteiger partial charge in [-0.2, -0.15) is 5.26 Å². The number of aryl methyl sites for hydroxylation is 1. The van der Waals surface area contributed by atoms with Gasteiger partial charge in [0.1, 0.15) is 30.0 Å². The monoisotopic (exact) mass is 271 g/mol. The zero-order valence-electron chi connectivity index (χ0n) is 11.3. The predicted octanol–water partition coefficient (Wildman–Crippen LogP) is 3.59. The normalized spacial score (nSPS) is 9.90. The SMILES string of the molecule is COc1ccc(COc2ccc(C)c(F)c2)cc1C#N. The van der Waals surface area contributed by atoms with Crippen LogP contribution in [-0.4, -0.2) is 7.11 Å². The minimum Gasteiger partial charge on any atom is -0.495 e. The van der Waals surface area contributed by atoms with Crippen molar-refractivity contribution in [1.82, 2.24) is 0 Å². The van der Waals surface area contributed by atoms with Crippen molar-refractivity contribution in [2.45, 2.75) is 13.5 Å². The van der Waals surface area contributed by atoms with E-state index in [0.29, 0.717) is 22.6 Å². The van der Waals surface area contributed by atoms with Gasteiger partial charge in [0.2, 0.25) is 0 Å². The Morgan fingerprint density at radius 1 is 1.20 bits per heavy atom. The van der Waals surface area contributed by atoms with Crippen LogP contribution in [0.3, 0.4) is 0 Å². The fourth-order valence-corrected chi connectivity index (χ4v) is 1.76. The first kappa shape index (κ1) is 13.9. The van der Waals surface area contributed by atoms with Gasteiger partial charge in [0.15, 0.2) is 0 Å². The van der Waals surface area contributed by atoms with Gasteiger partial charge in [0, 0.05) is 6.07 Å². The first-order valence-electron chi connectivity index (χ1n) is 6.10. The van der Waals surface area contributed by atoms with Crippen molar-refractivity contribution in [1.29, 1.82) is 5.26 Å².